The molecular formula is C28H31F2N7O. The summed E-state index contributed by atoms with van der Waals surface area (Å²) in [7, 11) is 0. The number of pyridine rings is 1. The van der Waals surface area contributed by atoms with Gasteiger partial charge in [-0.2, -0.15) is 0 Å². The van der Waals surface area contributed by atoms with Crippen molar-refractivity contribution in [2.45, 2.75) is 40.3 Å². The predicted molar refractivity (Wildman–Crippen MR) is 143 cm³/mol. The molecule has 0 aliphatic carbocycles. The minimum Gasteiger partial charge on any atom is -0.342 e. The van der Waals surface area contributed by atoms with E-state index in [1.807, 2.05) is 36.3 Å². The number of aromatic nitrogens is 4. The Hall–Kier alpha value is -3.92. The molecule has 8 nitrogen and oxygen atoms in total. The number of anilines is 2. The summed E-state index contributed by atoms with van der Waals surface area (Å²) in [5, 5.41) is 3.49. The number of piperazine rings is 1. The van der Waals surface area contributed by atoms with Crippen LogP contribution in [-0.4, -0.2) is 61.4 Å². The highest BCUT2D eigenvalue weighted by molar-refractivity contribution is 5.87. The van der Waals surface area contributed by atoms with Crippen LogP contribution in [0.1, 0.15) is 38.1 Å². The van der Waals surface area contributed by atoms with Crippen LogP contribution in [0, 0.1) is 18.6 Å². The van der Waals surface area contributed by atoms with Gasteiger partial charge in [-0.3, -0.25) is 9.69 Å². The highest BCUT2D eigenvalue weighted by Crippen LogP contribution is 2.32. The Labute approximate surface area is 220 Å². The maximum Gasteiger partial charge on any atom is 0.237 e. The number of carbonyl (C=O) groups excluding carboxylic acids is 1. The molecule has 1 aliphatic rings. The number of rotatable bonds is 7. The summed E-state index contributed by atoms with van der Waals surface area (Å²) < 4.78 is 31.8. The van der Waals surface area contributed by atoms with Gasteiger partial charge in [0.15, 0.2) is 5.82 Å². The fourth-order valence-electron chi connectivity index (χ4n) is 4.99. The van der Waals surface area contributed by atoms with Crippen molar-refractivity contribution in [2.24, 2.45) is 0 Å². The van der Waals surface area contributed by atoms with Crippen LogP contribution < -0.4 is 5.32 Å². The third-order valence-electron chi connectivity index (χ3n) is 6.92. The van der Waals surface area contributed by atoms with Gasteiger partial charge in [0.1, 0.15) is 17.3 Å². The van der Waals surface area contributed by atoms with E-state index in [1.54, 1.807) is 24.4 Å². The van der Waals surface area contributed by atoms with Crippen LogP contribution in [0.2, 0.25) is 0 Å². The molecule has 198 valence electrons. The Morgan fingerprint density at radius 2 is 1.87 bits per heavy atom. The summed E-state index contributed by atoms with van der Waals surface area (Å²) in [5.74, 6) is -0.356. The third kappa shape index (κ3) is 5.08. The number of nitrogens with zero attached hydrogens (tertiary/aromatic N) is 6. The topological polar surface area (TPSA) is 79.2 Å². The number of carbonyl (C=O) groups is 1. The van der Waals surface area contributed by atoms with Gasteiger partial charge in [0.25, 0.3) is 0 Å². The van der Waals surface area contributed by atoms with Crippen molar-refractivity contribution in [1.82, 2.24) is 29.3 Å². The first-order valence-corrected chi connectivity index (χ1v) is 12.8. The molecule has 0 saturated carbocycles. The first-order chi connectivity index (χ1) is 18.2. The molecule has 4 heterocycles. The SMILES string of the molecule is CCN1CCN(Cc2ccc(Nc3ncc(F)c(-c4cc(F)c5cc(C)n(C(C)C)c5c4)n3)nc2)C(=O)C1. The van der Waals surface area contributed by atoms with Crippen LogP contribution in [0.4, 0.5) is 20.5 Å². The minimum absolute atomic E-state index is 0.00110. The van der Waals surface area contributed by atoms with E-state index in [4.69, 9.17) is 0 Å². The number of amides is 1. The van der Waals surface area contributed by atoms with Crippen molar-refractivity contribution < 1.29 is 13.6 Å². The Balaban J connectivity index is 1.35. The first kappa shape index (κ1) is 25.7. The lowest BCUT2D eigenvalue weighted by Crippen LogP contribution is -2.49. The van der Waals surface area contributed by atoms with E-state index < -0.39 is 11.6 Å². The molecule has 38 heavy (non-hydrogen) atoms. The number of likely N-dealkylation sites (N-methyl/N-ethyl adjacent to an activating group) is 1. The average molecular weight is 520 g/mol. The van der Waals surface area contributed by atoms with E-state index in [-0.39, 0.29) is 23.6 Å². The molecule has 1 N–H and O–H groups in total. The van der Waals surface area contributed by atoms with Gasteiger partial charge in [-0.1, -0.05) is 13.0 Å². The number of hydrogen-bond donors (Lipinski definition) is 1. The summed E-state index contributed by atoms with van der Waals surface area (Å²) >= 11 is 0. The van der Waals surface area contributed by atoms with Crippen molar-refractivity contribution >= 4 is 28.6 Å². The van der Waals surface area contributed by atoms with Crippen LogP contribution in [0.5, 0.6) is 0 Å². The molecule has 10 heteroatoms. The van der Waals surface area contributed by atoms with E-state index in [9.17, 15) is 9.18 Å². The zero-order chi connectivity index (χ0) is 27.0. The lowest BCUT2D eigenvalue weighted by molar-refractivity contribution is -0.136. The number of nitrogens with one attached hydrogen (secondary N) is 1. The average Bonchev–Trinajstić information content (AvgIpc) is 3.24. The quantitative estimate of drug-likeness (QED) is 0.367. The van der Waals surface area contributed by atoms with Crippen LogP contribution in [0.3, 0.4) is 0 Å². The molecule has 0 radical (unpaired) electrons. The summed E-state index contributed by atoms with van der Waals surface area (Å²) in [6, 6.07) is 8.62. The molecule has 0 spiro atoms. The van der Waals surface area contributed by atoms with Gasteiger partial charge >= 0.3 is 0 Å². The highest BCUT2D eigenvalue weighted by Gasteiger charge is 2.23. The van der Waals surface area contributed by atoms with Gasteiger partial charge < -0.3 is 14.8 Å². The van der Waals surface area contributed by atoms with Crippen molar-refractivity contribution in [2.75, 3.05) is 31.5 Å². The highest BCUT2D eigenvalue weighted by atomic mass is 19.1. The van der Waals surface area contributed by atoms with Gasteiger partial charge in [0.05, 0.1) is 18.3 Å². The molecule has 1 saturated heterocycles. The van der Waals surface area contributed by atoms with Crippen LogP contribution in [0.25, 0.3) is 22.2 Å². The zero-order valence-corrected chi connectivity index (χ0v) is 22.0. The number of benzene rings is 1. The van der Waals surface area contributed by atoms with Crippen molar-refractivity contribution in [3.63, 3.8) is 0 Å². The molecule has 3 aromatic heterocycles. The monoisotopic (exact) mass is 519 g/mol. The molecular weight excluding hydrogens is 488 g/mol. The lowest BCUT2D eigenvalue weighted by Gasteiger charge is -2.33. The predicted octanol–water partition coefficient (Wildman–Crippen LogP) is 5.07. The maximum absolute atomic E-state index is 15.0. The standard InChI is InChI=1S/C28H31F2N7O/c1-5-35-8-9-36(26(38)16-35)15-19-6-7-25(31-13-19)33-28-32-14-23(30)27(34-28)20-11-22(29)21-10-18(4)37(17(2)3)24(21)12-20/h6-7,10-14,17H,5,8-9,15-16H2,1-4H3,(H,31,32,33,34). The van der Waals surface area contributed by atoms with Gasteiger partial charge in [-0.15, -0.1) is 0 Å². The van der Waals surface area contributed by atoms with E-state index in [0.717, 1.165) is 30.5 Å². The van der Waals surface area contributed by atoms with Crippen molar-refractivity contribution in [1.29, 1.82) is 0 Å². The smallest absolute Gasteiger partial charge is 0.237 e. The van der Waals surface area contributed by atoms with E-state index >= 15 is 4.39 Å². The molecule has 0 atom stereocenters. The van der Waals surface area contributed by atoms with Gasteiger partial charge in [-0.05, 0) is 57.1 Å². The lowest BCUT2D eigenvalue weighted by atomic mass is 10.1. The fraction of sp³-hybridized carbons (Fsp3) is 0.357. The van der Waals surface area contributed by atoms with Gasteiger partial charge in [0.2, 0.25) is 11.9 Å². The Morgan fingerprint density at radius 1 is 1.05 bits per heavy atom. The van der Waals surface area contributed by atoms with Crippen molar-refractivity contribution in [3.8, 4) is 11.3 Å². The van der Waals surface area contributed by atoms with E-state index in [0.29, 0.717) is 41.9 Å². The second-order valence-corrected chi connectivity index (χ2v) is 9.89. The second kappa shape index (κ2) is 10.4. The van der Waals surface area contributed by atoms with Crippen LogP contribution in [-0.2, 0) is 11.3 Å². The molecule has 5 rings (SSSR count). The van der Waals surface area contributed by atoms with Gasteiger partial charge in [0, 0.05) is 48.5 Å². The molecule has 0 bridgehead atoms. The van der Waals surface area contributed by atoms with Crippen LogP contribution >= 0.6 is 0 Å². The molecule has 4 aromatic rings. The summed E-state index contributed by atoms with van der Waals surface area (Å²) in [6.07, 6.45) is 2.76. The summed E-state index contributed by atoms with van der Waals surface area (Å²) in [6.45, 7) is 11.4. The number of fused-ring (bicyclic) bond motifs is 1. The minimum atomic E-state index is -0.648. The second-order valence-electron chi connectivity index (χ2n) is 9.89. The Morgan fingerprint density at radius 3 is 2.55 bits per heavy atom. The molecule has 1 amide bonds. The first-order valence-electron chi connectivity index (χ1n) is 12.8. The molecule has 1 aromatic carbocycles. The molecule has 1 fully saturated rings. The summed E-state index contributed by atoms with van der Waals surface area (Å²) in [5.41, 5.74) is 2.85. The third-order valence-corrected chi connectivity index (χ3v) is 6.92. The molecule has 1 aliphatic heterocycles. The fourth-order valence-corrected chi connectivity index (χ4v) is 4.99. The number of aryl methyl sites for hydroxylation is 1. The zero-order valence-electron chi connectivity index (χ0n) is 22.0. The van der Waals surface area contributed by atoms with E-state index in [2.05, 4.69) is 32.1 Å². The van der Waals surface area contributed by atoms with Crippen LogP contribution in [0.15, 0.2) is 42.7 Å². The largest absolute Gasteiger partial charge is 0.342 e. The Bertz CT molecular complexity index is 1480. The number of halogens is 2. The molecule has 0 unspecified atom stereocenters. The number of hydrogen-bond acceptors (Lipinski definition) is 6. The Kier molecular flexibility index (Phi) is 7.07. The summed E-state index contributed by atoms with van der Waals surface area (Å²) in [4.78, 5) is 29.1. The van der Waals surface area contributed by atoms with Gasteiger partial charge in [-0.25, -0.2) is 23.7 Å². The van der Waals surface area contributed by atoms with Crippen molar-refractivity contribution in [3.05, 3.63) is 65.6 Å². The maximum atomic E-state index is 15.0. The van der Waals surface area contributed by atoms with E-state index in [1.165, 1.54) is 6.07 Å². The normalized spacial score (nSPS) is 14.6.